The topological polar surface area (TPSA) is 60.3 Å². The molecule has 1 aliphatic rings. The van der Waals surface area contributed by atoms with Crippen molar-refractivity contribution in [3.05, 3.63) is 23.9 Å². The van der Waals surface area contributed by atoms with Gasteiger partial charge in [0.2, 0.25) is 0 Å². The zero-order chi connectivity index (χ0) is 11.0. The first kappa shape index (κ1) is 9.54. The molecule has 0 saturated carbocycles. The number of rotatable bonds is 1. The quantitative estimate of drug-likeness (QED) is 0.767. The van der Waals surface area contributed by atoms with Crippen molar-refractivity contribution in [2.75, 3.05) is 13.2 Å². The van der Waals surface area contributed by atoms with Gasteiger partial charge in [-0.1, -0.05) is 0 Å². The summed E-state index contributed by atoms with van der Waals surface area (Å²) in [4.78, 5) is 3.19. The number of aromatic nitrogens is 1. The Morgan fingerprint density at radius 3 is 3.00 bits per heavy atom. The molecule has 0 atom stereocenters. The van der Waals surface area contributed by atoms with Gasteiger partial charge in [0.05, 0.1) is 13.2 Å². The van der Waals surface area contributed by atoms with E-state index < -0.39 is 0 Å². The summed E-state index contributed by atoms with van der Waals surface area (Å²) in [6.07, 6.45) is 2.84. The Morgan fingerprint density at radius 2 is 2.12 bits per heavy atom. The summed E-state index contributed by atoms with van der Waals surface area (Å²) in [5.74, 6) is 1.65. The van der Waals surface area contributed by atoms with Crippen LogP contribution in [0.2, 0.25) is 0 Å². The van der Waals surface area contributed by atoms with Crippen molar-refractivity contribution in [3.8, 4) is 11.5 Å². The summed E-state index contributed by atoms with van der Waals surface area (Å²) in [5.41, 5.74) is 7.83. The van der Waals surface area contributed by atoms with E-state index in [0.717, 1.165) is 34.4 Å². The molecule has 2 heterocycles. The van der Waals surface area contributed by atoms with Gasteiger partial charge in [0.25, 0.3) is 0 Å². The molecule has 0 radical (unpaired) electrons. The lowest BCUT2D eigenvalue weighted by molar-refractivity contribution is 0.297. The predicted molar refractivity (Wildman–Crippen MR) is 61.8 cm³/mol. The molecule has 0 fully saturated rings. The van der Waals surface area contributed by atoms with Gasteiger partial charge >= 0.3 is 0 Å². The second-order valence-electron chi connectivity index (χ2n) is 3.88. The highest BCUT2D eigenvalue weighted by Gasteiger charge is 2.16. The summed E-state index contributed by atoms with van der Waals surface area (Å²) >= 11 is 0. The molecular weight excluding hydrogens is 204 g/mol. The maximum atomic E-state index is 5.76. The molecule has 0 bridgehead atoms. The second-order valence-corrected chi connectivity index (χ2v) is 3.88. The van der Waals surface area contributed by atoms with Crippen molar-refractivity contribution in [1.82, 2.24) is 4.98 Å². The molecule has 16 heavy (non-hydrogen) atoms. The van der Waals surface area contributed by atoms with Gasteiger partial charge in [0.15, 0.2) is 11.5 Å². The van der Waals surface area contributed by atoms with E-state index in [9.17, 15) is 0 Å². The maximum Gasteiger partial charge on any atom is 0.170 e. The van der Waals surface area contributed by atoms with Gasteiger partial charge in [0, 0.05) is 30.1 Å². The first-order valence-electron chi connectivity index (χ1n) is 5.49. The number of ether oxygens (including phenoxy) is 2. The zero-order valence-electron chi connectivity index (χ0n) is 8.95. The molecule has 0 aliphatic carbocycles. The van der Waals surface area contributed by atoms with E-state index in [4.69, 9.17) is 15.2 Å². The Balaban J connectivity index is 2.27. The lowest BCUT2D eigenvalue weighted by Gasteiger charge is -2.09. The number of hydrogen-bond donors (Lipinski definition) is 2. The molecule has 2 aromatic rings. The number of nitrogens with two attached hydrogens (primary N) is 1. The first-order chi connectivity index (χ1) is 7.90. The SMILES string of the molecule is NCc1c[nH]c2ccc3c(c12)OCCCO3. The molecule has 4 heteroatoms. The van der Waals surface area contributed by atoms with E-state index in [-0.39, 0.29) is 0 Å². The third-order valence-corrected chi connectivity index (χ3v) is 2.86. The molecule has 3 rings (SSSR count). The average molecular weight is 218 g/mol. The van der Waals surface area contributed by atoms with Crippen LogP contribution in [-0.2, 0) is 6.54 Å². The Kier molecular flexibility index (Phi) is 2.22. The van der Waals surface area contributed by atoms with Gasteiger partial charge in [-0.15, -0.1) is 0 Å². The van der Waals surface area contributed by atoms with Crippen LogP contribution in [0.4, 0.5) is 0 Å². The largest absolute Gasteiger partial charge is 0.490 e. The van der Waals surface area contributed by atoms with Crippen molar-refractivity contribution in [2.45, 2.75) is 13.0 Å². The van der Waals surface area contributed by atoms with Gasteiger partial charge in [-0.25, -0.2) is 0 Å². The molecule has 0 amide bonds. The first-order valence-corrected chi connectivity index (χ1v) is 5.49. The van der Waals surface area contributed by atoms with E-state index >= 15 is 0 Å². The molecular formula is C12H14N2O2. The van der Waals surface area contributed by atoms with Crippen LogP contribution in [0, 0.1) is 0 Å². The minimum atomic E-state index is 0.500. The molecule has 84 valence electrons. The number of nitrogens with one attached hydrogen (secondary N) is 1. The van der Waals surface area contributed by atoms with E-state index in [1.165, 1.54) is 0 Å². The Hall–Kier alpha value is -1.68. The van der Waals surface area contributed by atoms with Crippen molar-refractivity contribution in [1.29, 1.82) is 0 Å². The summed E-state index contributed by atoms with van der Waals surface area (Å²) < 4.78 is 11.4. The van der Waals surface area contributed by atoms with E-state index in [0.29, 0.717) is 19.8 Å². The van der Waals surface area contributed by atoms with Gasteiger partial charge in [-0.2, -0.15) is 0 Å². The smallest absolute Gasteiger partial charge is 0.170 e. The van der Waals surface area contributed by atoms with Crippen LogP contribution in [-0.4, -0.2) is 18.2 Å². The minimum Gasteiger partial charge on any atom is -0.490 e. The highest BCUT2D eigenvalue weighted by atomic mass is 16.5. The molecule has 1 aromatic heterocycles. The fourth-order valence-corrected chi connectivity index (χ4v) is 2.07. The van der Waals surface area contributed by atoms with Gasteiger partial charge < -0.3 is 20.2 Å². The summed E-state index contributed by atoms with van der Waals surface area (Å²) in [6, 6.07) is 3.95. The number of aromatic amines is 1. The number of fused-ring (bicyclic) bond motifs is 3. The van der Waals surface area contributed by atoms with Crippen LogP contribution in [0.25, 0.3) is 10.9 Å². The van der Waals surface area contributed by atoms with E-state index in [2.05, 4.69) is 4.98 Å². The third kappa shape index (κ3) is 1.34. The van der Waals surface area contributed by atoms with Crippen molar-refractivity contribution < 1.29 is 9.47 Å². The van der Waals surface area contributed by atoms with Crippen LogP contribution >= 0.6 is 0 Å². The summed E-state index contributed by atoms with van der Waals surface area (Å²) in [6.45, 7) is 1.90. The lowest BCUT2D eigenvalue weighted by Crippen LogP contribution is -1.98. The predicted octanol–water partition coefficient (Wildman–Crippen LogP) is 1.79. The minimum absolute atomic E-state index is 0.500. The van der Waals surface area contributed by atoms with Crippen molar-refractivity contribution in [2.24, 2.45) is 5.73 Å². The number of benzene rings is 1. The van der Waals surface area contributed by atoms with Crippen LogP contribution < -0.4 is 15.2 Å². The molecule has 1 aliphatic heterocycles. The molecule has 0 saturated heterocycles. The summed E-state index contributed by atoms with van der Waals surface area (Å²) in [7, 11) is 0. The van der Waals surface area contributed by atoms with Crippen LogP contribution in [0.3, 0.4) is 0 Å². The van der Waals surface area contributed by atoms with Crippen LogP contribution in [0.1, 0.15) is 12.0 Å². The van der Waals surface area contributed by atoms with Crippen molar-refractivity contribution in [3.63, 3.8) is 0 Å². The van der Waals surface area contributed by atoms with Gasteiger partial charge in [-0.05, 0) is 17.7 Å². The number of hydrogen-bond acceptors (Lipinski definition) is 3. The highest BCUT2D eigenvalue weighted by molar-refractivity contribution is 5.91. The van der Waals surface area contributed by atoms with Crippen molar-refractivity contribution >= 4 is 10.9 Å². The fraction of sp³-hybridized carbons (Fsp3) is 0.333. The monoisotopic (exact) mass is 218 g/mol. The molecule has 0 spiro atoms. The van der Waals surface area contributed by atoms with Gasteiger partial charge in [-0.3, -0.25) is 0 Å². The molecule has 1 aromatic carbocycles. The fourth-order valence-electron chi connectivity index (χ4n) is 2.07. The van der Waals surface area contributed by atoms with Crippen LogP contribution in [0.5, 0.6) is 11.5 Å². The molecule has 4 nitrogen and oxygen atoms in total. The Bertz CT molecular complexity index is 519. The highest BCUT2D eigenvalue weighted by Crippen LogP contribution is 2.38. The molecule has 3 N–H and O–H groups in total. The van der Waals surface area contributed by atoms with Gasteiger partial charge in [0.1, 0.15) is 0 Å². The lowest BCUT2D eigenvalue weighted by atomic mass is 10.1. The Labute approximate surface area is 93.3 Å². The zero-order valence-corrected chi connectivity index (χ0v) is 8.95. The second kappa shape index (κ2) is 3.72. The van der Waals surface area contributed by atoms with E-state index in [1.54, 1.807) is 0 Å². The summed E-state index contributed by atoms with van der Waals surface area (Å²) in [5, 5.41) is 1.06. The average Bonchev–Trinajstić information content (AvgIpc) is 2.58. The standard InChI is InChI=1S/C12H14N2O2/c13-6-8-7-14-9-2-3-10-12(11(8)9)16-5-1-4-15-10/h2-3,7,14H,1,4-6,13H2. The van der Waals surface area contributed by atoms with E-state index in [1.807, 2.05) is 18.3 Å². The number of H-pyrrole nitrogens is 1. The molecule has 0 unspecified atom stereocenters. The Morgan fingerprint density at radius 1 is 1.25 bits per heavy atom. The third-order valence-electron chi connectivity index (χ3n) is 2.86. The normalized spacial score (nSPS) is 15.1. The van der Waals surface area contributed by atoms with Crippen LogP contribution in [0.15, 0.2) is 18.3 Å². The maximum absolute atomic E-state index is 5.76.